The predicted molar refractivity (Wildman–Crippen MR) is 81.1 cm³/mol. The van der Waals surface area contributed by atoms with E-state index < -0.39 is 0 Å². The third-order valence-electron chi connectivity index (χ3n) is 2.95. The fourth-order valence-electron chi connectivity index (χ4n) is 1.89. The molecule has 2 nitrogen and oxygen atoms in total. The lowest BCUT2D eigenvalue weighted by Gasteiger charge is -2.06. The Bertz CT molecular complexity index is 629. The van der Waals surface area contributed by atoms with Gasteiger partial charge in [0.2, 0.25) is 5.43 Å². The van der Waals surface area contributed by atoms with E-state index in [-0.39, 0.29) is 5.43 Å². The van der Waals surface area contributed by atoms with Gasteiger partial charge >= 0.3 is 0 Å². The third kappa shape index (κ3) is 1.79. The van der Waals surface area contributed by atoms with Gasteiger partial charge in [-0.3, -0.25) is 4.79 Å². The molecule has 0 aromatic carbocycles. The zero-order valence-electron chi connectivity index (χ0n) is 8.41. The van der Waals surface area contributed by atoms with Crippen LogP contribution in [0.4, 0.5) is 0 Å². The second-order valence-electron chi connectivity index (χ2n) is 4.15. The zero-order chi connectivity index (χ0) is 11.3. The molecule has 0 radical (unpaired) electrons. The first-order valence-corrected chi connectivity index (χ1v) is 7.32. The minimum absolute atomic E-state index is 0.147. The maximum Gasteiger partial charge on any atom is 0.208 e. The summed E-state index contributed by atoms with van der Waals surface area (Å²) in [6.45, 7) is 0. The van der Waals surface area contributed by atoms with E-state index in [4.69, 9.17) is 0 Å². The van der Waals surface area contributed by atoms with E-state index in [1.807, 2.05) is 10.6 Å². The molecule has 0 aliphatic heterocycles. The second kappa shape index (κ2) is 3.97. The first-order chi connectivity index (χ1) is 7.66. The van der Waals surface area contributed by atoms with Crippen molar-refractivity contribution in [3.05, 3.63) is 47.5 Å². The van der Waals surface area contributed by atoms with Crippen LogP contribution in [0.5, 0.6) is 0 Å². The average molecular weight is 437 g/mol. The maximum absolute atomic E-state index is 11.9. The molecule has 0 atom stereocenters. The molecule has 2 aromatic heterocycles. The Morgan fingerprint density at radius 2 is 2.06 bits per heavy atom. The normalized spacial score (nSPS) is 15.6. The number of halogens is 2. The highest BCUT2D eigenvalue weighted by Gasteiger charge is 2.23. The monoisotopic (exact) mass is 437 g/mol. The molecule has 2 aromatic rings. The van der Waals surface area contributed by atoms with E-state index in [1.165, 1.54) is 18.4 Å². The quantitative estimate of drug-likeness (QED) is 0.628. The fraction of sp³-hybridized carbons (Fsp3) is 0.250. The van der Waals surface area contributed by atoms with Crippen molar-refractivity contribution >= 4 is 50.7 Å². The van der Waals surface area contributed by atoms with Gasteiger partial charge in [-0.1, -0.05) is 0 Å². The number of fused-ring (bicyclic) bond motifs is 1. The highest BCUT2D eigenvalue weighted by atomic mass is 127. The molecule has 16 heavy (non-hydrogen) atoms. The van der Waals surface area contributed by atoms with E-state index in [0.29, 0.717) is 0 Å². The number of nitrogens with zero attached hydrogens (tertiary/aromatic N) is 1. The van der Waals surface area contributed by atoms with Crippen LogP contribution in [0.2, 0.25) is 0 Å². The van der Waals surface area contributed by atoms with E-state index in [9.17, 15) is 4.79 Å². The van der Waals surface area contributed by atoms with Crippen LogP contribution >= 0.6 is 45.2 Å². The Hall–Kier alpha value is -0.110. The Labute approximate surface area is 120 Å². The Balaban J connectivity index is 2.33. The predicted octanol–water partition coefficient (Wildman–Crippen LogP) is 3.39. The summed E-state index contributed by atoms with van der Waals surface area (Å²) in [4.78, 5) is 11.9. The zero-order valence-corrected chi connectivity index (χ0v) is 12.7. The van der Waals surface area contributed by atoms with Gasteiger partial charge in [-0.25, -0.2) is 0 Å². The van der Waals surface area contributed by atoms with Crippen molar-refractivity contribution in [3.63, 3.8) is 0 Å². The minimum atomic E-state index is 0.147. The van der Waals surface area contributed by atoms with Crippen LogP contribution in [-0.4, -0.2) is 4.40 Å². The Morgan fingerprint density at radius 3 is 2.75 bits per heavy atom. The van der Waals surface area contributed by atoms with E-state index in [1.54, 1.807) is 0 Å². The van der Waals surface area contributed by atoms with Gasteiger partial charge < -0.3 is 4.40 Å². The first kappa shape index (κ1) is 11.0. The van der Waals surface area contributed by atoms with Crippen molar-refractivity contribution < 1.29 is 0 Å². The van der Waals surface area contributed by atoms with Gasteiger partial charge in [0.25, 0.3) is 0 Å². The SMILES string of the molecule is O=c1c(I)cn2ccc(C3CC3)cc2c1I. The van der Waals surface area contributed by atoms with Crippen LogP contribution in [0.1, 0.15) is 24.3 Å². The van der Waals surface area contributed by atoms with E-state index in [2.05, 4.69) is 63.5 Å². The largest absolute Gasteiger partial charge is 0.321 e. The number of hydrogen-bond donors (Lipinski definition) is 0. The molecular weight excluding hydrogens is 428 g/mol. The summed E-state index contributed by atoms with van der Waals surface area (Å²) >= 11 is 4.24. The number of pyridine rings is 2. The van der Waals surface area contributed by atoms with Crippen molar-refractivity contribution in [2.45, 2.75) is 18.8 Å². The summed E-state index contributed by atoms with van der Waals surface area (Å²) in [5.74, 6) is 0.732. The van der Waals surface area contributed by atoms with Gasteiger partial charge in [-0.15, -0.1) is 0 Å². The fourth-order valence-corrected chi connectivity index (χ4v) is 3.70. The van der Waals surface area contributed by atoms with Crippen LogP contribution in [0.15, 0.2) is 29.3 Å². The third-order valence-corrected chi connectivity index (χ3v) is 4.76. The molecule has 0 bridgehead atoms. The molecule has 0 N–H and O–H groups in total. The van der Waals surface area contributed by atoms with Gasteiger partial charge in [0.05, 0.1) is 12.7 Å². The van der Waals surface area contributed by atoms with Crippen LogP contribution in [0.3, 0.4) is 0 Å². The average Bonchev–Trinajstić information content (AvgIpc) is 3.10. The Kier molecular flexibility index (Phi) is 2.73. The topological polar surface area (TPSA) is 21.5 Å². The molecule has 1 aliphatic rings. The van der Waals surface area contributed by atoms with Gasteiger partial charge in [0, 0.05) is 12.4 Å². The first-order valence-electron chi connectivity index (χ1n) is 5.17. The maximum atomic E-state index is 11.9. The molecule has 4 heteroatoms. The molecule has 0 saturated heterocycles. The second-order valence-corrected chi connectivity index (χ2v) is 6.39. The van der Waals surface area contributed by atoms with Crippen LogP contribution in [0.25, 0.3) is 5.52 Å². The summed E-state index contributed by atoms with van der Waals surface area (Å²) in [6.07, 6.45) is 6.55. The molecular formula is C12H9I2NO. The van der Waals surface area contributed by atoms with Crippen molar-refractivity contribution in [1.82, 2.24) is 4.40 Å². The molecule has 1 aliphatic carbocycles. The minimum Gasteiger partial charge on any atom is -0.321 e. The van der Waals surface area contributed by atoms with Crippen molar-refractivity contribution in [2.75, 3.05) is 0 Å². The Morgan fingerprint density at radius 1 is 1.31 bits per heavy atom. The summed E-state index contributed by atoms with van der Waals surface area (Å²) < 4.78 is 3.64. The van der Waals surface area contributed by atoms with E-state index in [0.717, 1.165) is 18.6 Å². The van der Waals surface area contributed by atoms with Crippen LogP contribution in [0, 0.1) is 7.14 Å². The summed E-state index contributed by atoms with van der Waals surface area (Å²) in [5, 5.41) is 0. The lowest BCUT2D eigenvalue weighted by atomic mass is 10.1. The molecule has 1 saturated carbocycles. The molecule has 0 unspecified atom stereocenters. The van der Waals surface area contributed by atoms with Gasteiger partial charge in [-0.05, 0) is 81.6 Å². The molecule has 82 valence electrons. The lowest BCUT2D eigenvalue weighted by molar-refractivity contribution is 1.07. The highest BCUT2D eigenvalue weighted by Crippen LogP contribution is 2.40. The molecule has 3 rings (SSSR count). The van der Waals surface area contributed by atoms with Crippen molar-refractivity contribution in [3.8, 4) is 0 Å². The molecule has 2 heterocycles. The van der Waals surface area contributed by atoms with E-state index >= 15 is 0 Å². The summed E-state index contributed by atoms with van der Waals surface area (Å²) in [5.41, 5.74) is 2.56. The van der Waals surface area contributed by atoms with Crippen molar-refractivity contribution in [1.29, 1.82) is 0 Å². The standard InChI is InChI=1S/C12H9I2NO/c13-9-6-15-4-3-8(7-1-2-7)5-10(15)11(14)12(9)16/h3-7H,1-2H2. The summed E-state index contributed by atoms with van der Waals surface area (Å²) in [6, 6.07) is 4.33. The highest BCUT2D eigenvalue weighted by molar-refractivity contribution is 14.1. The lowest BCUT2D eigenvalue weighted by Crippen LogP contribution is -2.12. The smallest absolute Gasteiger partial charge is 0.208 e. The number of aromatic nitrogens is 1. The number of rotatable bonds is 1. The number of hydrogen-bond acceptors (Lipinski definition) is 1. The van der Waals surface area contributed by atoms with Gasteiger partial charge in [-0.2, -0.15) is 0 Å². The van der Waals surface area contributed by atoms with Gasteiger partial charge in [0.1, 0.15) is 0 Å². The van der Waals surface area contributed by atoms with Gasteiger partial charge in [0.15, 0.2) is 0 Å². The van der Waals surface area contributed by atoms with Crippen molar-refractivity contribution in [2.24, 2.45) is 0 Å². The molecule has 0 amide bonds. The van der Waals surface area contributed by atoms with Crippen LogP contribution in [-0.2, 0) is 0 Å². The van der Waals surface area contributed by atoms with Crippen LogP contribution < -0.4 is 5.43 Å². The molecule has 0 spiro atoms. The summed E-state index contributed by atoms with van der Waals surface area (Å²) in [7, 11) is 0. The molecule has 1 fully saturated rings.